The van der Waals surface area contributed by atoms with Crippen molar-refractivity contribution in [1.29, 1.82) is 0 Å². The van der Waals surface area contributed by atoms with Crippen molar-refractivity contribution < 1.29 is 14.7 Å². The Balaban J connectivity index is 2.64. The maximum atomic E-state index is 11.6. The van der Waals surface area contributed by atoms with Gasteiger partial charge in [-0.3, -0.25) is 9.59 Å². The Morgan fingerprint density at radius 1 is 1.35 bits per heavy atom. The number of rotatable bonds is 5. The summed E-state index contributed by atoms with van der Waals surface area (Å²) in [5, 5.41) is 10.8. The molecule has 0 aromatic heterocycles. The fourth-order valence-corrected chi connectivity index (χ4v) is 1.53. The molecule has 5 heteroatoms. The molecule has 17 heavy (non-hydrogen) atoms. The molecule has 1 rings (SSSR count). The van der Waals surface area contributed by atoms with E-state index in [-0.39, 0.29) is 12.5 Å². The molecule has 0 radical (unpaired) electrons. The first-order chi connectivity index (χ1) is 8.02. The van der Waals surface area contributed by atoms with E-state index in [4.69, 9.17) is 17.3 Å². The molecular weight excluding hydrogens is 238 g/mol. The van der Waals surface area contributed by atoms with Crippen LogP contribution in [0.4, 0.5) is 0 Å². The molecule has 0 spiro atoms. The van der Waals surface area contributed by atoms with E-state index >= 15 is 0 Å². The van der Waals surface area contributed by atoms with E-state index in [2.05, 4.69) is 5.32 Å². The molecule has 0 saturated heterocycles. The molecule has 0 heterocycles. The summed E-state index contributed by atoms with van der Waals surface area (Å²) in [6, 6.07) is 9.18. The van der Waals surface area contributed by atoms with Gasteiger partial charge in [-0.15, -0.1) is 0 Å². The van der Waals surface area contributed by atoms with E-state index in [1.165, 1.54) is 0 Å². The van der Waals surface area contributed by atoms with E-state index in [0.29, 0.717) is 4.86 Å². The molecule has 0 saturated carbocycles. The van der Waals surface area contributed by atoms with E-state index in [9.17, 15) is 9.59 Å². The molecule has 1 aromatic rings. The first-order valence-electron chi connectivity index (χ1n) is 5.11. The Labute approximate surface area is 105 Å². The van der Waals surface area contributed by atoms with Gasteiger partial charge in [0.05, 0.1) is 5.92 Å². The Morgan fingerprint density at radius 2 is 1.94 bits per heavy atom. The van der Waals surface area contributed by atoms with Crippen molar-refractivity contribution >= 4 is 29.0 Å². The lowest BCUT2D eigenvalue weighted by atomic mass is 10.00. The standard InChI is InChI=1S/C12H13NO3S/c1-8(12(16)13-7-10(14)15)11(17)9-5-3-2-4-6-9/h2-6,8H,7H2,1H3,(H,13,16)(H,14,15). The monoisotopic (exact) mass is 251 g/mol. The molecule has 90 valence electrons. The topological polar surface area (TPSA) is 66.4 Å². The molecule has 0 aliphatic rings. The van der Waals surface area contributed by atoms with Crippen molar-refractivity contribution in [3.8, 4) is 0 Å². The quantitative estimate of drug-likeness (QED) is 0.610. The number of carboxylic acid groups (broad SMARTS) is 1. The molecule has 0 bridgehead atoms. The summed E-state index contributed by atoms with van der Waals surface area (Å²) in [5.74, 6) is -1.97. The molecule has 1 atom stereocenters. The summed E-state index contributed by atoms with van der Waals surface area (Å²) < 4.78 is 0. The van der Waals surface area contributed by atoms with E-state index in [0.717, 1.165) is 5.56 Å². The minimum atomic E-state index is -1.07. The van der Waals surface area contributed by atoms with Crippen LogP contribution < -0.4 is 5.32 Å². The number of carbonyl (C=O) groups is 2. The number of thiocarbonyl (C=S) groups is 1. The summed E-state index contributed by atoms with van der Waals surface area (Å²) in [7, 11) is 0. The first kappa shape index (κ1) is 13.3. The minimum Gasteiger partial charge on any atom is -0.480 e. The molecule has 1 unspecified atom stereocenters. The fourth-order valence-electron chi connectivity index (χ4n) is 1.29. The van der Waals surface area contributed by atoms with Crippen LogP contribution in [0.3, 0.4) is 0 Å². The van der Waals surface area contributed by atoms with E-state index in [1.807, 2.05) is 30.3 Å². The van der Waals surface area contributed by atoms with Crippen molar-refractivity contribution in [2.24, 2.45) is 5.92 Å². The van der Waals surface area contributed by atoms with Crippen LogP contribution in [0, 0.1) is 5.92 Å². The van der Waals surface area contributed by atoms with Crippen LogP contribution in [0.5, 0.6) is 0 Å². The maximum absolute atomic E-state index is 11.6. The van der Waals surface area contributed by atoms with Gasteiger partial charge in [0.2, 0.25) is 5.91 Å². The van der Waals surface area contributed by atoms with Crippen molar-refractivity contribution in [2.45, 2.75) is 6.92 Å². The summed E-state index contributed by atoms with van der Waals surface area (Å²) >= 11 is 5.19. The molecule has 0 aliphatic carbocycles. The zero-order valence-corrected chi connectivity index (χ0v) is 10.2. The average molecular weight is 251 g/mol. The van der Waals surface area contributed by atoms with Crippen molar-refractivity contribution in [3.63, 3.8) is 0 Å². The number of nitrogens with one attached hydrogen (secondary N) is 1. The van der Waals surface area contributed by atoms with Crippen LogP contribution in [0.1, 0.15) is 12.5 Å². The second kappa shape index (κ2) is 6.10. The first-order valence-corrected chi connectivity index (χ1v) is 5.52. The van der Waals surface area contributed by atoms with Crippen LogP contribution in [-0.2, 0) is 9.59 Å². The van der Waals surface area contributed by atoms with Crippen LogP contribution in [-0.4, -0.2) is 28.4 Å². The van der Waals surface area contributed by atoms with Gasteiger partial charge in [0.25, 0.3) is 0 Å². The molecule has 1 aromatic carbocycles. The maximum Gasteiger partial charge on any atom is 0.322 e. The summed E-state index contributed by atoms with van der Waals surface area (Å²) in [5.41, 5.74) is 0.806. The van der Waals surface area contributed by atoms with Gasteiger partial charge in [-0.2, -0.15) is 0 Å². The highest BCUT2D eigenvalue weighted by atomic mass is 32.1. The molecule has 4 nitrogen and oxygen atoms in total. The van der Waals surface area contributed by atoms with Crippen LogP contribution in [0.2, 0.25) is 0 Å². The van der Waals surface area contributed by atoms with Crippen molar-refractivity contribution in [1.82, 2.24) is 5.32 Å². The second-order valence-corrected chi connectivity index (χ2v) is 4.00. The fraction of sp³-hybridized carbons (Fsp3) is 0.250. The number of aliphatic carboxylic acids is 1. The molecule has 2 N–H and O–H groups in total. The molecule has 0 aliphatic heterocycles. The Morgan fingerprint density at radius 3 is 2.47 bits per heavy atom. The molecule has 1 amide bonds. The number of amides is 1. The second-order valence-electron chi connectivity index (χ2n) is 3.56. The smallest absolute Gasteiger partial charge is 0.322 e. The van der Waals surface area contributed by atoms with Gasteiger partial charge in [-0.1, -0.05) is 42.5 Å². The third-order valence-electron chi connectivity index (χ3n) is 2.26. The van der Waals surface area contributed by atoms with Gasteiger partial charge >= 0.3 is 5.97 Å². The Hall–Kier alpha value is -1.75. The lowest BCUT2D eigenvalue weighted by Crippen LogP contribution is -2.36. The Kier molecular flexibility index (Phi) is 4.78. The van der Waals surface area contributed by atoms with Crippen molar-refractivity contribution in [3.05, 3.63) is 35.9 Å². The van der Waals surface area contributed by atoms with Gasteiger partial charge < -0.3 is 10.4 Å². The average Bonchev–Trinajstić information content (AvgIpc) is 2.35. The van der Waals surface area contributed by atoms with Gasteiger partial charge in [0.1, 0.15) is 6.54 Å². The predicted octanol–water partition coefficient (Wildman–Crippen LogP) is 1.24. The zero-order valence-electron chi connectivity index (χ0n) is 9.34. The normalized spacial score (nSPS) is 11.6. The third kappa shape index (κ3) is 3.96. The Bertz CT molecular complexity index is 431. The van der Waals surface area contributed by atoms with Gasteiger partial charge in [0, 0.05) is 4.86 Å². The van der Waals surface area contributed by atoms with Gasteiger partial charge in [0.15, 0.2) is 0 Å². The lowest BCUT2D eigenvalue weighted by Gasteiger charge is -2.12. The van der Waals surface area contributed by atoms with E-state index in [1.54, 1.807) is 6.92 Å². The van der Waals surface area contributed by atoms with Crippen LogP contribution >= 0.6 is 12.2 Å². The highest BCUT2D eigenvalue weighted by Crippen LogP contribution is 2.10. The SMILES string of the molecule is CC(C(=O)NCC(=O)O)C(=S)c1ccccc1. The van der Waals surface area contributed by atoms with Crippen molar-refractivity contribution in [2.75, 3.05) is 6.54 Å². The number of benzene rings is 1. The summed E-state index contributed by atoms with van der Waals surface area (Å²) in [4.78, 5) is 22.4. The minimum absolute atomic E-state index is 0.374. The summed E-state index contributed by atoms with van der Waals surface area (Å²) in [6.45, 7) is 1.27. The van der Waals surface area contributed by atoms with Gasteiger partial charge in [-0.05, 0) is 12.5 Å². The zero-order chi connectivity index (χ0) is 12.8. The highest BCUT2D eigenvalue weighted by molar-refractivity contribution is 7.81. The lowest BCUT2D eigenvalue weighted by molar-refractivity contribution is -0.138. The largest absolute Gasteiger partial charge is 0.480 e. The van der Waals surface area contributed by atoms with Crippen LogP contribution in [0.25, 0.3) is 0 Å². The number of carbonyl (C=O) groups excluding carboxylic acids is 1. The summed E-state index contributed by atoms with van der Waals surface area (Å²) in [6.07, 6.45) is 0. The van der Waals surface area contributed by atoms with Crippen LogP contribution in [0.15, 0.2) is 30.3 Å². The number of hydrogen-bond donors (Lipinski definition) is 2. The third-order valence-corrected chi connectivity index (χ3v) is 2.85. The molecular formula is C12H13NO3S. The number of carboxylic acids is 1. The number of hydrogen-bond acceptors (Lipinski definition) is 3. The van der Waals surface area contributed by atoms with E-state index < -0.39 is 11.9 Å². The highest BCUT2D eigenvalue weighted by Gasteiger charge is 2.19. The molecule has 0 fully saturated rings. The van der Waals surface area contributed by atoms with Gasteiger partial charge in [-0.25, -0.2) is 0 Å². The predicted molar refractivity (Wildman–Crippen MR) is 68.0 cm³/mol.